The summed E-state index contributed by atoms with van der Waals surface area (Å²) in [6.07, 6.45) is 0.554. The van der Waals surface area contributed by atoms with Crippen LogP contribution in [0.15, 0.2) is 41.7 Å². The number of piperidine rings is 1. The normalized spacial score (nSPS) is 15.9. The van der Waals surface area contributed by atoms with Gasteiger partial charge in [0.05, 0.1) is 12.8 Å². The number of nitrogens with zero attached hydrogens (tertiary/aromatic N) is 1. The Balaban J connectivity index is 2.20. The number of alkyl carbamates (subject to hydrolysis) is 1. The fourth-order valence-electron chi connectivity index (χ4n) is 2.82. The van der Waals surface area contributed by atoms with Crippen molar-refractivity contribution in [2.45, 2.75) is 52.2 Å². The number of methoxy groups -OCH3 is 1. The maximum Gasteiger partial charge on any atom is 0.414 e. The molecule has 1 N–H and O–H groups in total. The van der Waals surface area contributed by atoms with Gasteiger partial charge in [0.2, 0.25) is 0 Å². The zero-order valence-electron chi connectivity index (χ0n) is 17.3. The summed E-state index contributed by atoms with van der Waals surface area (Å²) in [4.78, 5) is 38.6. The second kappa shape index (κ2) is 9.95. The molecule has 1 saturated heterocycles. The van der Waals surface area contributed by atoms with Crippen molar-refractivity contribution >= 4 is 18.2 Å². The first kappa shape index (κ1) is 22.3. The number of carbonyl (C=O) groups is 3. The van der Waals surface area contributed by atoms with Gasteiger partial charge in [0, 0.05) is 6.54 Å². The summed E-state index contributed by atoms with van der Waals surface area (Å²) in [5.74, 6) is -0.757. The third-order valence-electron chi connectivity index (χ3n) is 4.10. The fourth-order valence-corrected chi connectivity index (χ4v) is 2.82. The van der Waals surface area contributed by atoms with Crippen molar-refractivity contribution < 1.29 is 28.6 Å². The number of nitrogens with one attached hydrogen (secondary N) is 1. The zero-order valence-corrected chi connectivity index (χ0v) is 17.3. The predicted molar refractivity (Wildman–Crippen MR) is 106 cm³/mol. The topological polar surface area (TPSA) is 94.2 Å². The van der Waals surface area contributed by atoms with E-state index in [4.69, 9.17) is 14.2 Å². The van der Waals surface area contributed by atoms with E-state index in [2.05, 4.69) is 5.32 Å². The molecule has 1 aliphatic rings. The Hall–Kier alpha value is -3.03. The van der Waals surface area contributed by atoms with Crippen LogP contribution in [-0.2, 0) is 25.6 Å². The number of carbonyl (C=O) groups excluding carboxylic acids is 3. The molecule has 0 aromatic heterocycles. The Morgan fingerprint density at radius 2 is 1.79 bits per heavy atom. The molecule has 2 amide bonds. The van der Waals surface area contributed by atoms with Gasteiger partial charge in [0.15, 0.2) is 0 Å². The standard InChI is InChI=1S/C21H28N2O6/c1-21(2,3)29-20(26)23-13-9-8-12-16(23)17(18(24)27-4)22-19(25)28-14-15-10-6-5-7-11-15/h5-7,10-11H,8-9,12-14H2,1-4H3,(H,22,25). The van der Waals surface area contributed by atoms with E-state index in [0.29, 0.717) is 18.7 Å². The van der Waals surface area contributed by atoms with Gasteiger partial charge in [-0.3, -0.25) is 10.2 Å². The van der Waals surface area contributed by atoms with Crippen LogP contribution in [0.2, 0.25) is 0 Å². The van der Waals surface area contributed by atoms with Gasteiger partial charge in [-0.05, 0) is 45.6 Å². The number of hydrogen-bond acceptors (Lipinski definition) is 6. The number of likely N-dealkylation sites (tertiary alicyclic amines) is 1. The summed E-state index contributed by atoms with van der Waals surface area (Å²) in [6.45, 7) is 5.72. The monoisotopic (exact) mass is 404 g/mol. The Labute approximate surface area is 170 Å². The van der Waals surface area contributed by atoms with Gasteiger partial charge in [0.1, 0.15) is 17.9 Å². The van der Waals surface area contributed by atoms with E-state index in [-0.39, 0.29) is 12.3 Å². The number of esters is 1. The van der Waals surface area contributed by atoms with Crippen molar-refractivity contribution in [1.82, 2.24) is 10.2 Å². The highest BCUT2D eigenvalue weighted by Crippen LogP contribution is 2.26. The van der Waals surface area contributed by atoms with E-state index in [1.165, 1.54) is 12.0 Å². The highest BCUT2D eigenvalue weighted by Gasteiger charge is 2.32. The molecule has 0 atom stereocenters. The molecule has 158 valence electrons. The fraction of sp³-hybridized carbons (Fsp3) is 0.476. The third-order valence-corrected chi connectivity index (χ3v) is 4.10. The molecule has 0 radical (unpaired) electrons. The lowest BCUT2D eigenvalue weighted by molar-refractivity contribution is -0.136. The molecule has 1 heterocycles. The third kappa shape index (κ3) is 6.81. The quantitative estimate of drug-likeness (QED) is 0.467. The van der Waals surface area contributed by atoms with Crippen molar-refractivity contribution in [2.24, 2.45) is 0 Å². The number of hydrogen-bond donors (Lipinski definition) is 1. The van der Waals surface area contributed by atoms with Gasteiger partial charge in [0.25, 0.3) is 0 Å². The summed E-state index contributed by atoms with van der Waals surface area (Å²) in [7, 11) is 1.21. The molecule has 0 aliphatic carbocycles. The zero-order chi connectivity index (χ0) is 21.4. The predicted octanol–water partition coefficient (Wildman–Crippen LogP) is 3.72. The van der Waals surface area contributed by atoms with Crippen LogP contribution in [0, 0.1) is 0 Å². The summed E-state index contributed by atoms with van der Waals surface area (Å²) >= 11 is 0. The minimum Gasteiger partial charge on any atom is -0.464 e. The van der Waals surface area contributed by atoms with Crippen LogP contribution in [0.1, 0.15) is 45.6 Å². The number of benzene rings is 1. The number of rotatable bonds is 4. The van der Waals surface area contributed by atoms with Crippen molar-refractivity contribution in [1.29, 1.82) is 0 Å². The molecule has 2 rings (SSSR count). The molecule has 1 aliphatic heterocycles. The average Bonchev–Trinajstić information content (AvgIpc) is 2.69. The van der Waals surface area contributed by atoms with Crippen LogP contribution in [-0.4, -0.2) is 42.3 Å². The number of allylic oxidation sites excluding steroid dienone is 1. The SMILES string of the molecule is COC(=O)C(NC(=O)OCc1ccccc1)=C1CCCCN1C(=O)OC(C)(C)C. The largest absolute Gasteiger partial charge is 0.464 e. The first-order chi connectivity index (χ1) is 13.7. The lowest BCUT2D eigenvalue weighted by atomic mass is 10.1. The minimum atomic E-state index is -0.809. The van der Waals surface area contributed by atoms with Crippen LogP contribution in [0.25, 0.3) is 0 Å². The van der Waals surface area contributed by atoms with Crippen LogP contribution in [0.3, 0.4) is 0 Å². The lowest BCUT2D eigenvalue weighted by Gasteiger charge is -2.33. The van der Waals surface area contributed by atoms with Crippen molar-refractivity contribution in [2.75, 3.05) is 13.7 Å². The van der Waals surface area contributed by atoms with Gasteiger partial charge < -0.3 is 14.2 Å². The highest BCUT2D eigenvalue weighted by atomic mass is 16.6. The van der Waals surface area contributed by atoms with Gasteiger partial charge in [-0.2, -0.15) is 0 Å². The summed E-state index contributed by atoms with van der Waals surface area (Å²) in [6, 6.07) is 9.16. The first-order valence-electron chi connectivity index (χ1n) is 9.51. The van der Waals surface area contributed by atoms with Crippen LogP contribution in [0.5, 0.6) is 0 Å². The van der Waals surface area contributed by atoms with Crippen molar-refractivity contribution in [3.8, 4) is 0 Å². The minimum absolute atomic E-state index is 0.0479. The molecule has 8 nitrogen and oxygen atoms in total. The Bertz CT molecular complexity index is 767. The van der Waals surface area contributed by atoms with Gasteiger partial charge in [-0.25, -0.2) is 14.4 Å². The highest BCUT2D eigenvalue weighted by molar-refractivity contribution is 5.93. The van der Waals surface area contributed by atoms with Gasteiger partial charge in [-0.15, -0.1) is 0 Å². The van der Waals surface area contributed by atoms with E-state index in [9.17, 15) is 14.4 Å². The smallest absolute Gasteiger partial charge is 0.414 e. The lowest BCUT2D eigenvalue weighted by Crippen LogP contribution is -2.42. The molecule has 1 aromatic rings. The van der Waals surface area contributed by atoms with E-state index in [1.807, 2.05) is 30.3 Å². The maximum atomic E-state index is 12.6. The molecule has 0 unspecified atom stereocenters. The molecule has 1 fully saturated rings. The van der Waals surface area contributed by atoms with Crippen molar-refractivity contribution in [3.63, 3.8) is 0 Å². The first-order valence-corrected chi connectivity index (χ1v) is 9.51. The second-order valence-corrected chi connectivity index (χ2v) is 7.59. The summed E-state index contributed by atoms with van der Waals surface area (Å²) in [5.41, 5.74) is 0.362. The van der Waals surface area contributed by atoms with E-state index < -0.39 is 23.8 Å². The molecule has 0 saturated carbocycles. The maximum absolute atomic E-state index is 12.6. The van der Waals surface area contributed by atoms with E-state index in [0.717, 1.165) is 18.4 Å². The number of amides is 2. The number of ether oxygens (including phenoxy) is 3. The van der Waals surface area contributed by atoms with Crippen LogP contribution < -0.4 is 5.32 Å². The molecule has 0 bridgehead atoms. The molecule has 29 heavy (non-hydrogen) atoms. The molecule has 0 spiro atoms. The summed E-state index contributed by atoms with van der Waals surface area (Å²) < 4.78 is 15.4. The second-order valence-electron chi connectivity index (χ2n) is 7.59. The molecule has 8 heteroatoms. The Kier molecular flexibility index (Phi) is 7.64. The van der Waals surface area contributed by atoms with Crippen molar-refractivity contribution in [3.05, 3.63) is 47.3 Å². The Morgan fingerprint density at radius 1 is 1.10 bits per heavy atom. The van der Waals surface area contributed by atoms with E-state index >= 15 is 0 Å². The summed E-state index contributed by atoms with van der Waals surface area (Å²) in [5, 5.41) is 2.45. The molecular formula is C21H28N2O6. The van der Waals surface area contributed by atoms with Crippen LogP contribution >= 0.6 is 0 Å². The van der Waals surface area contributed by atoms with Gasteiger partial charge in [-0.1, -0.05) is 30.3 Å². The average molecular weight is 404 g/mol. The molecular weight excluding hydrogens is 376 g/mol. The Morgan fingerprint density at radius 3 is 2.41 bits per heavy atom. The van der Waals surface area contributed by atoms with Gasteiger partial charge >= 0.3 is 18.2 Å². The molecule has 1 aromatic carbocycles. The van der Waals surface area contributed by atoms with Crippen LogP contribution in [0.4, 0.5) is 9.59 Å². The van der Waals surface area contributed by atoms with E-state index in [1.54, 1.807) is 20.8 Å².